The number of anilines is 1. The van der Waals surface area contributed by atoms with E-state index < -0.39 is 0 Å². The molecule has 1 aromatic heterocycles. The third-order valence-electron chi connectivity index (χ3n) is 3.12. The molecule has 0 radical (unpaired) electrons. The standard InChI is InChI=1S/C15H18FN3/c1-17-15(13-7-8-18-10-14(13)16)11-5-4-6-12(9-11)19(2)3/h4-10,15,17H,1-3H3. The van der Waals surface area contributed by atoms with Gasteiger partial charge in [0.25, 0.3) is 0 Å². The van der Waals surface area contributed by atoms with Crippen LogP contribution in [0.25, 0.3) is 0 Å². The van der Waals surface area contributed by atoms with Crippen molar-refractivity contribution in [2.24, 2.45) is 0 Å². The molecule has 1 aromatic carbocycles. The zero-order valence-corrected chi connectivity index (χ0v) is 11.4. The van der Waals surface area contributed by atoms with Gasteiger partial charge >= 0.3 is 0 Å². The molecule has 0 aliphatic heterocycles. The maximum absolute atomic E-state index is 13.9. The first-order chi connectivity index (χ1) is 9.13. The fourth-order valence-electron chi connectivity index (χ4n) is 2.10. The van der Waals surface area contributed by atoms with Gasteiger partial charge in [-0.1, -0.05) is 12.1 Å². The first-order valence-electron chi connectivity index (χ1n) is 6.17. The molecule has 1 N–H and O–H groups in total. The summed E-state index contributed by atoms with van der Waals surface area (Å²) in [4.78, 5) is 5.82. The van der Waals surface area contributed by atoms with Gasteiger partial charge in [-0.05, 0) is 30.8 Å². The van der Waals surface area contributed by atoms with Gasteiger partial charge in [-0.25, -0.2) is 4.39 Å². The maximum atomic E-state index is 13.9. The summed E-state index contributed by atoms with van der Waals surface area (Å²) in [6, 6.07) is 9.59. The van der Waals surface area contributed by atoms with Crippen molar-refractivity contribution in [3.63, 3.8) is 0 Å². The summed E-state index contributed by atoms with van der Waals surface area (Å²) in [5.74, 6) is -0.294. The highest BCUT2D eigenvalue weighted by atomic mass is 19.1. The number of halogens is 1. The number of rotatable bonds is 4. The van der Waals surface area contributed by atoms with Crippen molar-refractivity contribution in [3.05, 3.63) is 59.7 Å². The molecule has 0 saturated carbocycles. The lowest BCUT2D eigenvalue weighted by Crippen LogP contribution is -2.19. The summed E-state index contributed by atoms with van der Waals surface area (Å²) in [6.45, 7) is 0. The maximum Gasteiger partial charge on any atom is 0.146 e. The van der Waals surface area contributed by atoms with Crippen molar-refractivity contribution in [3.8, 4) is 0 Å². The molecule has 4 heteroatoms. The smallest absolute Gasteiger partial charge is 0.146 e. The Morgan fingerprint density at radius 3 is 2.68 bits per heavy atom. The minimum absolute atomic E-state index is 0.178. The first kappa shape index (κ1) is 13.5. The van der Waals surface area contributed by atoms with Crippen LogP contribution in [0.1, 0.15) is 17.2 Å². The van der Waals surface area contributed by atoms with Crippen molar-refractivity contribution in [1.29, 1.82) is 0 Å². The van der Waals surface area contributed by atoms with E-state index in [1.807, 2.05) is 44.2 Å². The summed E-state index contributed by atoms with van der Waals surface area (Å²) in [5, 5.41) is 3.16. The van der Waals surface area contributed by atoms with Gasteiger partial charge < -0.3 is 10.2 Å². The number of pyridine rings is 1. The van der Waals surface area contributed by atoms with E-state index in [0.717, 1.165) is 11.3 Å². The van der Waals surface area contributed by atoms with Gasteiger partial charge in [-0.3, -0.25) is 4.98 Å². The summed E-state index contributed by atoms with van der Waals surface area (Å²) >= 11 is 0. The molecule has 19 heavy (non-hydrogen) atoms. The molecule has 0 amide bonds. The van der Waals surface area contributed by atoms with Crippen LogP contribution >= 0.6 is 0 Å². The first-order valence-corrected chi connectivity index (χ1v) is 6.17. The van der Waals surface area contributed by atoms with Crippen molar-refractivity contribution >= 4 is 5.69 Å². The number of nitrogens with zero attached hydrogens (tertiary/aromatic N) is 2. The summed E-state index contributed by atoms with van der Waals surface area (Å²) in [5.41, 5.74) is 2.72. The van der Waals surface area contributed by atoms with E-state index in [1.165, 1.54) is 6.20 Å². The van der Waals surface area contributed by atoms with Crippen molar-refractivity contribution in [2.45, 2.75) is 6.04 Å². The van der Waals surface area contributed by atoms with E-state index >= 15 is 0 Å². The number of nitrogens with one attached hydrogen (secondary N) is 1. The fraction of sp³-hybridized carbons (Fsp3) is 0.267. The normalized spacial score (nSPS) is 12.2. The molecule has 0 bridgehead atoms. The molecular formula is C15H18FN3. The van der Waals surface area contributed by atoms with Gasteiger partial charge in [0.1, 0.15) is 5.82 Å². The lowest BCUT2D eigenvalue weighted by molar-refractivity contribution is 0.571. The molecule has 100 valence electrons. The van der Waals surface area contributed by atoms with Crippen LogP contribution in [0.2, 0.25) is 0 Å². The number of hydrogen-bond donors (Lipinski definition) is 1. The molecule has 1 heterocycles. The van der Waals surface area contributed by atoms with Gasteiger partial charge in [0.2, 0.25) is 0 Å². The van der Waals surface area contributed by atoms with Crippen molar-refractivity contribution < 1.29 is 4.39 Å². The molecular weight excluding hydrogens is 241 g/mol. The number of benzene rings is 1. The number of aromatic nitrogens is 1. The molecule has 0 aliphatic rings. The zero-order valence-electron chi connectivity index (χ0n) is 11.4. The van der Waals surface area contributed by atoms with Crippen molar-refractivity contribution in [1.82, 2.24) is 10.3 Å². The van der Waals surface area contributed by atoms with Crippen LogP contribution in [0.4, 0.5) is 10.1 Å². The van der Waals surface area contributed by atoms with E-state index in [2.05, 4.69) is 16.4 Å². The molecule has 2 rings (SSSR count). The Morgan fingerprint density at radius 1 is 1.26 bits per heavy atom. The van der Waals surface area contributed by atoms with E-state index in [1.54, 1.807) is 12.3 Å². The Morgan fingerprint density at radius 2 is 2.05 bits per heavy atom. The lowest BCUT2D eigenvalue weighted by atomic mass is 9.99. The van der Waals surface area contributed by atoms with Gasteiger partial charge in [-0.15, -0.1) is 0 Å². The Labute approximate surface area is 113 Å². The average Bonchev–Trinajstić information content (AvgIpc) is 2.42. The largest absolute Gasteiger partial charge is 0.378 e. The minimum atomic E-state index is -0.294. The van der Waals surface area contributed by atoms with Crippen LogP contribution in [-0.4, -0.2) is 26.1 Å². The summed E-state index contributed by atoms with van der Waals surface area (Å²) in [7, 11) is 5.80. The molecule has 0 spiro atoms. The molecule has 0 aliphatic carbocycles. The minimum Gasteiger partial charge on any atom is -0.378 e. The predicted octanol–water partition coefficient (Wildman–Crippen LogP) is 2.60. The second-order valence-electron chi connectivity index (χ2n) is 4.61. The van der Waals surface area contributed by atoms with Gasteiger partial charge in [0.05, 0.1) is 12.2 Å². The molecule has 2 aromatic rings. The lowest BCUT2D eigenvalue weighted by Gasteiger charge is -2.20. The Kier molecular flexibility index (Phi) is 4.12. The predicted molar refractivity (Wildman–Crippen MR) is 75.9 cm³/mol. The summed E-state index contributed by atoms with van der Waals surface area (Å²) in [6.07, 6.45) is 2.86. The second-order valence-corrected chi connectivity index (χ2v) is 4.61. The molecule has 1 atom stereocenters. The summed E-state index contributed by atoms with van der Waals surface area (Å²) < 4.78 is 13.9. The van der Waals surface area contributed by atoms with E-state index in [4.69, 9.17) is 0 Å². The topological polar surface area (TPSA) is 28.2 Å². The van der Waals surface area contributed by atoms with Crippen LogP contribution in [-0.2, 0) is 0 Å². The van der Waals surface area contributed by atoms with Crippen LogP contribution in [0.15, 0.2) is 42.7 Å². The van der Waals surface area contributed by atoms with Crippen LogP contribution < -0.4 is 10.2 Å². The van der Waals surface area contributed by atoms with Crippen LogP contribution in [0.3, 0.4) is 0 Å². The Hall–Kier alpha value is -1.94. The highest BCUT2D eigenvalue weighted by molar-refractivity contribution is 5.49. The van der Waals surface area contributed by atoms with Crippen molar-refractivity contribution in [2.75, 3.05) is 26.0 Å². The highest BCUT2D eigenvalue weighted by Gasteiger charge is 2.16. The molecule has 0 fully saturated rings. The molecule has 3 nitrogen and oxygen atoms in total. The van der Waals surface area contributed by atoms with Gasteiger partial charge in [0.15, 0.2) is 0 Å². The van der Waals surface area contributed by atoms with Crippen LogP contribution in [0, 0.1) is 5.82 Å². The SMILES string of the molecule is CNC(c1cccc(N(C)C)c1)c1ccncc1F. The monoisotopic (exact) mass is 259 g/mol. The fourth-order valence-corrected chi connectivity index (χ4v) is 2.10. The third-order valence-corrected chi connectivity index (χ3v) is 3.12. The van der Waals surface area contributed by atoms with E-state index in [9.17, 15) is 4.39 Å². The molecule has 0 saturated heterocycles. The number of hydrogen-bond acceptors (Lipinski definition) is 3. The Balaban J connectivity index is 2.43. The zero-order chi connectivity index (χ0) is 13.8. The molecule has 1 unspecified atom stereocenters. The van der Waals surface area contributed by atoms with Gasteiger partial charge in [0, 0.05) is 31.5 Å². The van der Waals surface area contributed by atoms with Gasteiger partial charge in [-0.2, -0.15) is 0 Å². The second kappa shape index (κ2) is 5.80. The average molecular weight is 259 g/mol. The van der Waals surface area contributed by atoms with E-state index in [0.29, 0.717) is 5.56 Å². The Bertz CT molecular complexity index is 555. The van der Waals surface area contributed by atoms with Crippen LogP contribution in [0.5, 0.6) is 0 Å². The van der Waals surface area contributed by atoms with E-state index in [-0.39, 0.29) is 11.9 Å². The highest BCUT2D eigenvalue weighted by Crippen LogP contribution is 2.26. The quantitative estimate of drug-likeness (QED) is 0.914. The third kappa shape index (κ3) is 2.90.